The lowest BCUT2D eigenvalue weighted by atomic mass is 10.0. The summed E-state index contributed by atoms with van der Waals surface area (Å²) in [4.78, 5) is 23.1. The molecule has 2 fully saturated rings. The van der Waals surface area contributed by atoms with Crippen molar-refractivity contribution in [1.29, 1.82) is 0 Å². The van der Waals surface area contributed by atoms with Crippen LogP contribution >= 0.6 is 0 Å². The molecule has 7 nitrogen and oxygen atoms in total. The molecule has 4 heterocycles. The van der Waals surface area contributed by atoms with Gasteiger partial charge in [-0.15, -0.1) is 5.10 Å². The van der Waals surface area contributed by atoms with Crippen LogP contribution in [0.2, 0.25) is 0 Å². The van der Waals surface area contributed by atoms with Gasteiger partial charge in [0, 0.05) is 56.3 Å². The number of rotatable bonds is 5. The minimum atomic E-state index is 0.191. The molecule has 1 amide bonds. The van der Waals surface area contributed by atoms with Gasteiger partial charge in [-0.25, -0.2) is 4.98 Å². The number of piperazine rings is 1. The Kier molecular flexibility index (Phi) is 5.74. The number of hydrogen-bond donors (Lipinski definition) is 0. The quantitative estimate of drug-likeness (QED) is 0.444. The van der Waals surface area contributed by atoms with E-state index in [1.165, 1.54) is 5.56 Å². The number of carbonyl (C=O) groups is 1. The van der Waals surface area contributed by atoms with E-state index in [4.69, 9.17) is 5.10 Å². The van der Waals surface area contributed by atoms with Crippen LogP contribution in [0.25, 0.3) is 10.8 Å². The lowest BCUT2D eigenvalue weighted by Gasteiger charge is -2.36. The summed E-state index contributed by atoms with van der Waals surface area (Å²) >= 11 is 0. The van der Waals surface area contributed by atoms with Crippen molar-refractivity contribution in [3.63, 3.8) is 0 Å². The molecule has 0 atom stereocenters. The van der Waals surface area contributed by atoms with Gasteiger partial charge >= 0.3 is 0 Å². The maximum atomic E-state index is 12.0. The predicted molar refractivity (Wildman–Crippen MR) is 139 cm³/mol. The maximum Gasteiger partial charge on any atom is 0.227 e. The Hall–Kier alpha value is -4.00. The first-order valence-corrected chi connectivity index (χ1v) is 12.3. The summed E-state index contributed by atoms with van der Waals surface area (Å²) < 4.78 is 0. The summed E-state index contributed by atoms with van der Waals surface area (Å²) in [7, 11) is 0. The third-order valence-electron chi connectivity index (χ3n) is 6.98. The number of nitrogens with zero attached hydrogens (tertiary/aromatic N) is 6. The van der Waals surface area contributed by atoms with Gasteiger partial charge in [0.1, 0.15) is 5.82 Å². The maximum absolute atomic E-state index is 12.0. The van der Waals surface area contributed by atoms with Crippen LogP contribution in [0.5, 0.6) is 0 Å². The molecular weight excluding hydrogens is 436 g/mol. The number of carbonyl (C=O) groups excluding carboxylic acids is 1. The van der Waals surface area contributed by atoms with Gasteiger partial charge in [-0.1, -0.05) is 54.6 Å². The van der Waals surface area contributed by atoms with Gasteiger partial charge in [-0.2, -0.15) is 5.10 Å². The molecule has 0 N–H and O–H groups in total. The molecule has 2 saturated heterocycles. The first-order chi connectivity index (χ1) is 17.3. The van der Waals surface area contributed by atoms with Crippen LogP contribution in [0, 0.1) is 0 Å². The fourth-order valence-electron chi connectivity index (χ4n) is 5.09. The third-order valence-corrected chi connectivity index (χ3v) is 6.98. The fourth-order valence-corrected chi connectivity index (χ4v) is 5.09. The van der Waals surface area contributed by atoms with E-state index in [-0.39, 0.29) is 5.91 Å². The van der Waals surface area contributed by atoms with Crippen molar-refractivity contribution in [1.82, 2.24) is 15.2 Å². The van der Waals surface area contributed by atoms with E-state index in [9.17, 15) is 4.79 Å². The number of hydrogen-bond acceptors (Lipinski definition) is 6. The number of amides is 1. The van der Waals surface area contributed by atoms with Crippen molar-refractivity contribution in [3.8, 4) is 0 Å². The van der Waals surface area contributed by atoms with Crippen LogP contribution in [-0.4, -0.2) is 53.8 Å². The first-order valence-electron chi connectivity index (χ1n) is 12.3. The molecule has 0 radical (unpaired) electrons. The molecule has 4 aromatic rings. The molecule has 0 unspecified atom stereocenters. The van der Waals surface area contributed by atoms with Crippen molar-refractivity contribution in [2.45, 2.75) is 19.3 Å². The molecule has 0 spiro atoms. The molecule has 35 heavy (non-hydrogen) atoms. The fraction of sp³-hybridized carbons (Fsp3) is 0.286. The van der Waals surface area contributed by atoms with Gasteiger partial charge in [0.2, 0.25) is 5.91 Å². The van der Waals surface area contributed by atoms with Crippen molar-refractivity contribution in [3.05, 3.63) is 84.2 Å². The van der Waals surface area contributed by atoms with Crippen molar-refractivity contribution < 1.29 is 4.79 Å². The molecule has 0 bridgehead atoms. The Labute approximate surface area is 205 Å². The van der Waals surface area contributed by atoms with Crippen LogP contribution in [0.3, 0.4) is 0 Å². The number of fused-ring (bicyclic) bond motifs is 1. The summed E-state index contributed by atoms with van der Waals surface area (Å²) in [5.41, 5.74) is 3.14. The Morgan fingerprint density at radius 1 is 0.743 bits per heavy atom. The van der Waals surface area contributed by atoms with Crippen molar-refractivity contribution >= 4 is 34.0 Å². The van der Waals surface area contributed by atoms with Gasteiger partial charge in [0.25, 0.3) is 0 Å². The molecule has 2 aromatic carbocycles. The van der Waals surface area contributed by atoms with Crippen LogP contribution in [0.1, 0.15) is 24.1 Å². The van der Waals surface area contributed by atoms with Gasteiger partial charge in [0.15, 0.2) is 5.82 Å². The van der Waals surface area contributed by atoms with E-state index < -0.39 is 0 Å². The average molecular weight is 465 g/mol. The standard InChI is InChI=1S/C28H28N6O/c35-27-11-6-14-34(27)22-12-13-26(29-20-22)32-15-17-33(18-16-32)28-24-10-5-4-9-23(24)25(30-31-28)19-21-7-2-1-3-8-21/h1-5,7-10,12-13,20H,6,11,14-19H2. The second kappa shape index (κ2) is 9.33. The highest BCUT2D eigenvalue weighted by Crippen LogP contribution is 2.29. The van der Waals surface area contributed by atoms with Crippen LogP contribution in [0.4, 0.5) is 17.3 Å². The third kappa shape index (κ3) is 4.30. The zero-order chi connectivity index (χ0) is 23.6. The SMILES string of the molecule is O=C1CCCN1c1ccc(N2CCN(c3nnc(Cc4ccccc4)c4ccccc34)CC2)nc1. The minimum absolute atomic E-state index is 0.191. The minimum Gasteiger partial charge on any atom is -0.353 e. The van der Waals surface area contributed by atoms with Gasteiger partial charge in [0.05, 0.1) is 17.6 Å². The molecule has 0 aliphatic carbocycles. The summed E-state index contributed by atoms with van der Waals surface area (Å²) in [5.74, 6) is 2.10. The van der Waals surface area contributed by atoms with E-state index >= 15 is 0 Å². The molecular formula is C28H28N6O. The van der Waals surface area contributed by atoms with E-state index in [1.807, 2.05) is 29.3 Å². The van der Waals surface area contributed by atoms with E-state index in [0.29, 0.717) is 6.42 Å². The Morgan fingerprint density at radius 3 is 2.20 bits per heavy atom. The highest BCUT2D eigenvalue weighted by Gasteiger charge is 2.24. The van der Waals surface area contributed by atoms with E-state index in [1.54, 1.807) is 0 Å². The highest BCUT2D eigenvalue weighted by atomic mass is 16.2. The monoisotopic (exact) mass is 464 g/mol. The number of aromatic nitrogens is 3. The number of pyridine rings is 1. The largest absolute Gasteiger partial charge is 0.353 e. The summed E-state index contributed by atoms with van der Waals surface area (Å²) in [6, 6.07) is 22.9. The molecule has 2 aliphatic heterocycles. The molecule has 7 heteroatoms. The van der Waals surface area contributed by atoms with Crippen LogP contribution in [0.15, 0.2) is 72.9 Å². The van der Waals surface area contributed by atoms with Crippen molar-refractivity contribution in [2.75, 3.05) is 47.4 Å². The summed E-state index contributed by atoms with van der Waals surface area (Å²) in [6.07, 6.45) is 4.16. The molecule has 0 saturated carbocycles. The molecule has 176 valence electrons. The lowest BCUT2D eigenvalue weighted by Crippen LogP contribution is -2.47. The van der Waals surface area contributed by atoms with Gasteiger partial charge in [-0.05, 0) is 24.1 Å². The average Bonchev–Trinajstić information content (AvgIpc) is 3.35. The zero-order valence-corrected chi connectivity index (χ0v) is 19.7. The first kappa shape index (κ1) is 21.5. The summed E-state index contributed by atoms with van der Waals surface area (Å²) in [5, 5.41) is 11.7. The molecule has 6 rings (SSSR count). The van der Waals surface area contributed by atoms with Crippen LogP contribution < -0.4 is 14.7 Å². The molecule has 2 aliphatic rings. The lowest BCUT2D eigenvalue weighted by molar-refractivity contribution is -0.117. The zero-order valence-electron chi connectivity index (χ0n) is 19.7. The topological polar surface area (TPSA) is 65.5 Å². The van der Waals surface area contributed by atoms with Gasteiger partial charge < -0.3 is 14.7 Å². The van der Waals surface area contributed by atoms with Crippen LogP contribution in [-0.2, 0) is 11.2 Å². The van der Waals surface area contributed by atoms with E-state index in [0.717, 1.165) is 79.4 Å². The summed E-state index contributed by atoms with van der Waals surface area (Å²) in [6.45, 7) is 4.21. The normalized spacial score (nSPS) is 16.3. The van der Waals surface area contributed by atoms with E-state index in [2.05, 4.69) is 68.4 Å². The Morgan fingerprint density at radius 2 is 1.49 bits per heavy atom. The van der Waals surface area contributed by atoms with Gasteiger partial charge in [-0.3, -0.25) is 4.79 Å². The Bertz CT molecular complexity index is 1330. The highest BCUT2D eigenvalue weighted by molar-refractivity contribution is 5.95. The predicted octanol–water partition coefficient (Wildman–Crippen LogP) is 4.07. The number of benzene rings is 2. The smallest absolute Gasteiger partial charge is 0.227 e. The second-order valence-corrected chi connectivity index (χ2v) is 9.18. The number of anilines is 3. The van der Waals surface area contributed by atoms with Crippen molar-refractivity contribution in [2.24, 2.45) is 0 Å². The second-order valence-electron chi connectivity index (χ2n) is 9.18. The Balaban J connectivity index is 1.17. The molecule has 2 aromatic heterocycles.